The lowest BCUT2D eigenvalue weighted by Gasteiger charge is -2.34. The largest absolute Gasteiger partial charge is 0.380 e. The van der Waals surface area contributed by atoms with Crippen molar-refractivity contribution in [1.29, 1.82) is 0 Å². The summed E-state index contributed by atoms with van der Waals surface area (Å²) in [6.07, 6.45) is 0. The molecular weight excluding hydrogens is 308 g/mol. The van der Waals surface area contributed by atoms with Crippen LogP contribution in [0.2, 0.25) is 0 Å². The highest BCUT2D eigenvalue weighted by Crippen LogP contribution is 2.26. The van der Waals surface area contributed by atoms with Gasteiger partial charge in [0.1, 0.15) is 0 Å². The lowest BCUT2D eigenvalue weighted by molar-refractivity contribution is 0.0724. The average Bonchev–Trinajstić information content (AvgIpc) is 3.01. The Hall–Kier alpha value is -1.27. The van der Waals surface area contributed by atoms with Gasteiger partial charge in [-0.05, 0) is 13.0 Å². The number of carbonyl (C=O) groups excluding carboxylic acids is 1. The van der Waals surface area contributed by atoms with Crippen LogP contribution in [-0.2, 0) is 4.74 Å². The van der Waals surface area contributed by atoms with E-state index in [9.17, 15) is 4.79 Å². The van der Waals surface area contributed by atoms with E-state index in [0.29, 0.717) is 6.54 Å². The number of rotatable bonds is 7. The molecule has 3 rings (SSSR count). The molecule has 124 valence electrons. The molecule has 4 nitrogen and oxygen atoms in total. The van der Waals surface area contributed by atoms with Crippen molar-refractivity contribution in [3.8, 4) is 0 Å². The molecule has 0 atom stereocenters. The summed E-state index contributed by atoms with van der Waals surface area (Å²) in [7, 11) is 0. The predicted molar refractivity (Wildman–Crippen MR) is 95.5 cm³/mol. The van der Waals surface area contributed by atoms with Crippen molar-refractivity contribution in [2.75, 3.05) is 52.5 Å². The highest BCUT2D eigenvalue weighted by Gasteiger charge is 2.20. The van der Waals surface area contributed by atoms with Gasteiger partial charge in [-0.1, -0.05) is 18.2 Å². The fourth-order valence-corrected chi connectivity index (χ4v) is 3.96. The Labute approximate surface area is 141 Å². The first-order valence-electron chi connectivity index (χ1n) is 8.30. The van der Waals surface area contributed by atoms with Crippen LogP contribution in [0, 0.1) is 0 Å². The minimum Gasteiger partial charge on any atom is -0.380 e. The van der Waals surface area contributed by atoms with E-state index in [1.165, 1.54) is 4.70 Å². The number of carbonyl (C=O) groups is 1. The summed E-state index contributed by atoms with van der Waals surface area (Å²) in [5.41, 5.74) is 0.879. The second kappa shape index (κ2) is 8.02. The highest BCUT2D eigenvalue weighted by atomic mass is 32.1. The second-order valence-electron chi connectivity index (χ2n) is 5.88. The maximum Gasteiger partial charge on any atom is 0.178 e. The topological polar surface area (TPSA) is 32.8 Å². The molecule has 2 aromatic rings. The number of ether oxygens (including phenoxy) is 1. The van der Waals surface area contributed by atoms with Crippen molar-refractivity contribution in [2.24, 2.45) is 0 Å². The summed E-state index contributed by atoms with van der Waals surface area (Å²) < 4.78 is 6.60. The van der Waals surface area contributed by atoms with E-state index in [4.69, 9.17) is 4.74 Å². The van der Waals surface area contributed by atoms with Gasteiger partial charge in [0.15, 0.2) is 5.78 Å². The van der Waals surface area contributed by atoms with Gasteiger partial charge in [0.25, 0.3) is 0 Å². The monoisotopic (exact) mass is 332 g/mol. The van der Waals surface area contributed by atoms with Crippen molar-refractivity contribution in [2.45, 2.75) is 6.92 Å². The van der Waals surface area contributed by atoms with Crippen molar-refractivity contribution in [1.82, 2.24) is 9.80 Å². The quantitative estimate of drug-likeness (QED) is 0.576. The predicted octanol–water partition coefficient (Wildman–Crippen LogP) is 2.74. The fraction of sp³-hybridized carbons (Fsp3) is 0.500. The van der Waals surface area contributed by atoms with Gasteiger partial charge < -0.3 is 4.74 Å². The van der Waals surface area contributed by atoms with Crippen LogP contribution in [0.15, 0.2) is 29.6 Å². The average molecular weight is 332 g/mol. The van der Waals surface area contributed by atoms with Crippen LogP contribution in [0.1, 0.15) is 17.3 Å². The second-order valence-corrected chi connectivity index (χ2v) is 6.79. The van der Waals surface area contributed by atoms with Gasteiger partial charge in [-0.15, -0.1) is 11.3 Å². The minimum atomic E-state index is 0.241. The smallest absolute Gasteiger partial charge is 0.178 e. The van der Waals surface area contributed by atoms with E-state index in [2.05, 4.69) is 15.9 Å². The number of hydrogen-bond acceptors (Lipinski definition) is 5. The molecule has 1 aliphatic heterocycles. The van der Waals surface area contributed by atoms with Crippen molar-refractivity contribution in [3.63, 3.8) is 0 Å². The Morgan fingerprint density at radius 3 is 2.70 bits per heavy atom. The molecular formula is C18H24N2O2S. The molecule has 0 radical (unpaired) electrons. The van der Waals surface area contributed by atoms with Crippen LogP contribution < -0.4 is 0 Å². The standard InChI is InChI=1S/C18H24N2O2S/c1-2-22-12-11-19-7-9-20(10-8-19)13-17(21)16-14-23-18-6-4-3-5-15(16)18/h3-6,14H,2,7-13H2,1H3. The lowest BCUT2D eigenvalue weighted by Crippen LogP contribution is -2.48. The Morgan fingerprint density at radius 1 is 1.17 bits per heavy atom. The van der Waals surface area contributed by atoms with E-state index in [1.54, 1.807) is 11.3 Å². The summed E-state index contributed by atoms with van der Waals surface area (Å²) in [6, 6.07) is 8.15. The molecule has 1 fully saturated rings. The number of Topliss-reactive ketones (excluding diaryl/α,β-unsaturated/α-hetero) is 1. The van der Waals surface area contributed by atoms with Crippen LogP contribution in [0.25, 0.3) is 10.1 Å². The van der Waals surface area contributed by atoms with E-state index >= 15 is 0 Å². The maximum absolute atomic E-state index is 12.6. The van der Waals surface area contributed by atoms with E-state index in [1.807, 2.05) is 30.5 Å². The molecule has 1 saturated heterocycles. The number of hydrogen-bond donors (Lipinski definition) is 0. The Balaban J connectivity index is 1.51. The third kappa shape index (κ3) is 4.18. The number of nitrogens with zero attached hydrogens (tertiary/aromatic N) is 2. The summed E-state index contributed by atoms with van der Waals surface area (Å²) in [5.74, 6) is 0.241. The van der Waals surface area contributed by atoms with Crippen molar-refractivity contribution >= 4 is 27.2 Å². The van der Waals surface area contributed by atoms with Gasteiger partial charge >= 0.3 is 0 Å². The Kier molecular flexibility index (Phi) is 5.78. The summed E-state index contributed by atoms with van der Waals surface area (Å²) in [5, 5.41) is 3.10. The summed E-state index contributed by atoms with van der Waals surface area (Å²) >= 11 is 1.65. The van der Waals surface area contributed by atoms with Crippen molar-refractivity contribution < 1.29 is 9.53 Å². The molecule has 1 aromatic heterocycles. The van der Waals surface area contributed by atoms with Gasteiger partial charge in [-0.25, -0.2) is 0 Å². The molecule has 5 heteroatoms. The summed E-state index contributed by atoms with van der Waals surface area (Å²) in [6.45, 7) is 9.08. The van der Waals surface area contributed by atoms with Gasteiger partial charge in [0.2, 0.25) is 0 Å². The lowest BCUT2D eigenvalue weighted by atomic mass is 10.1. The van der Waals surface area contributed by atoms with Crippen LogP contribution in [0.4, 0.5) is 0 Å². The number of benzene rings is 1. The van der Waals surface area contributed by atoms with Gasteiger partial charge in [0, 0.05) is 60.4 Å². The summed E-state index contributed by atoms with van der Waals surface area (Å²) in [4.78, 5) is 17.3. The number of ketones is 1. The third-order valence-electron chi connectivity index (χ3n) is 4.37. The van der Waals surface area contributed by atoms with Gasteiger partial charge in [-0.3, -0.25) is 14.6 Å². The number of piperazine rings is 1. The molecule has 0 N–H and O–H groups in total. The Morgan fingerprint density at radius 2 is 1.91 bits per heavy atom. The van der Waals surface area contributed by atoms with Crippen LogP contribution in [0.3, 0.4) is 0 Å². The normalized spacial score (nSPS) is 16.9. The molecule has 1 aliphatic rings. The molecule has 0 unspecified atom stereocenters. The van der Waals surface area contributed by atoms with Gasteiger partial charge in [0.05, 0.1) is 13.2 Å². The van der Waals surface area contributed by atoms with Crippen molar-refractivity contribution in [3.05, 3.63) is 35.2 Å². The zero-order chi connectivity index (χ0) is 16.1. The number of fused-ring (bicyclic) bond motifs is 1. The molecule has 0 spiro atoms. The molecule has 0 bridgehead atoms. The van der Waals surface area contributed by atoms with E-state index in [0.717, 1.165) is 56.9 Å². The van der Waals surface area contributed by atoms with Crippen LogP contribution in [-0.4, -0.2) is 68.1 Å². The molecule has 1 aromatic carbocycles. The van der Waals surface area contributed by atoms with E-state index in [-0.39, 0.29) is 5.78 Å². The molecule has 23 heavy (non-hydrogen) atoms. The zero-order valence-electron chi connectivity index (χ0n) is 13.7. The highest BCUT2D eigenvalue weighted by molar-refractivity contribution is 7.17. The fourth-order valence-electron chi connectivity index (χ4n) is 2.99. The number of thiophene rings is 1. The first-order valence-corrected chi connectivity index (χ1v) is 9.18. The van der Waals surface area contributed by atoms with Crippen LogP contribution in [0.5, 0.6) is 0 Å². The molecule has 0 saturated carbocycles. The third-order valence-corrected chi connectivity index (χ3v) is 5.33. The maximum atomic E-state index is 12.6. The first kappa shape index (κ1) is 16.6. The first-order chi connectivity index (χ1) is 11.3. The Bertz CT molecular complexity index is 647. The SMILES string of the molecule is CCOCCN1CCN(CC(=O)c2csc3ccccc23)CC1. The van der Waals surface area contributed by atoms with Gasteiger partial charge in [-0.2, -0.15) is 0 Å². The molecule has 2 heterocycles. The molecule has 0 amide bonds. The zero-order valence-corrected chi connectivity index (χ0v) is 14.5. The van der Waals surface area contributed by atoms with Crippen LogP contribution >= 0.6 is 11.3 Å². The minimum absolute atomic E-state index is 0.241. The van der Waals surface area contributed by atoms with E-state index < -0.39 is 0 Å². The molecule has 0 aliphatic carbocycles.